The number of nitrogens with one attached hydrogen (secondary N) is 2. The molecule has 3 aromatic rings. The van der Waals surface area contributed by atoms with Crippen LogP contribution in [0.25, 0.3) is 10.9 Å². The smallest absolute Gasteiger partial charge is 0.272 e. The highest BCUT2D eigenvalue weighted by Gasteiger charge is 2.22. The summed E-state index contributed by atoms with van der Waals surface area (Å²) in [5.41, 5.74) is 3.64. The van der Waals surface area contributed by atoms with Crippen LogP contribution in [0.3, 0.4) is 0 Å². The number of rotatable bonds is 5. The largest absolute Gasteiger partial charge is 0.497 e. The van der Waals surface area contributed by atoms with E-state index in [-0.39, 0.29) is 5.91 Å². The number of anilines is 1. The molecule has 0 aliphatic carbocycles. The van der Waals surface area contributed by atoms with Crippen LogP contribution in [-0.2, 0) is 0 Å². The summed E-state index contributed by atoms with van der Waals surface area (Å²) < 4.78 is 5.22. The van der Waals surface area contributed by atoms with Gasteiger partial charge in [0.15, 0.2) is 0 Å². The Morgan fingerprint density at radius 1 is 1.14 bits per heavy atom. The molecule has 2 N–H and O–H groups in total. The van der Waals surface area contributed by atoms with Crippen LogP contribution in [0.1, 0.15) is 48.7 Å². The van der Waals surface area contributed by atoms with E-state index < -0.39 is 0 Å². The fourth-order valence-corrected chi connectivity index (χ4v) is 4.18. The van der Waals surface area contributed by atoms with Gasteiger partial charge in [-0.15, -0.1) is 0 Å². The third-order valence-corrected chi connectivity index (χ3v) is 5.95. The van der Waals surface area contributed by atoms with Gasteiger partial charge in [-0.2, -0.15) is 0 Å². The van der Waals surface area contributed by atoms with Crippen molar-refractivity contribution in [2.75, 3.05) is 25.5 Å². The number of aromatic amines is 1. The van der Waals surface area contributed by atoms with E-state index in [9.17, 15) is 4.79 Å². The Balaban J connectivity index is 1.49. The van der Waals surface area contributed by atoms with Crippen molar-refractivity contribution in [1.82, 2.24) is 9.88 Å². The Bertz CT molecular complexity index is 1000. The molecular weight excluding hydrogens is 362 g/mol. The monoisotopic (exact) mass is 391 g/mol. The Hall–Kier alpha value is -2.79. The molecule has 152 valence electrons. The highest BCUT2D eigenvalue weighted by atomic mass is 16.5. The van der Waals surface area contributed by atoms with Crippen molar-refractivity contribution in [2.45, 2.75) is 38.6 Å². The summed E-state index contributed by atoms with van der Waals surface area (Å²) in [4.78, 5) is 18.5. The molecule has 1 saturated heterocycles. The van der Waals surface area contributed by atoms with Crippen LogP contribution < -0.4 is 10.1 Å². The van der Waals surface area contributed by atoms with Gasteiger partial charge in [0.2, 0.25) is 0 Å². The molecule has 1 aliphatic heterocycles. The molecule has 1 aliphatic rings. The van der Waals surface area contributed by atoms with E-state index in [1.807, 2.05) is 30.3 Å². The zero-order chi connectivity index (χ0) is 20.4. The quantitative estimate of drug-likeness (QED) is 0.642. The van der Waals surface area contributed by atoms with E-state index in [2.05, 4.69) is 47.2 Å². The number of H-pyrrole nitrogens is 1. The van der Waals surface area contributed by atoms with E-state index >= 15 is 0 Å². The van der Waals surface area contributed by atoms with Crippen LogP contribution in [-0.4, -0.2) is 42.0 Å². The Labute approximate surface area is 172 Å². The number of aromatic nitrogens is 1. The van der Waals surface area contributed by atoms with Crippen LogP contribution in [0.4, 0.5) is 5.69 Å². The maximum absolute atomic E-state index is 12.7. The van der Waals surface area contributed by atoms with Gasteiger partial charge in [0.1, 0.15) is 11.4 Å². The number of amides is 1. The standard InChI is InChI=1S/C24H29N3O2/c1-16(2)27-11-9-17(10-12-27)18-7-8-22-19(13-18)14-23(26-22)24(28)25-20-5-4-6-21(15-20)29-3/h4-8,13-17,26H,9-12H2,1-3H3,(H,25,28). The molecule has 2 heterocycles. The molecule has 5 nitrogen and oxygen atoms in total. The van der Waals surface area contributed by atoms with E-state index in [0.717, 1.165) is 24.0 Å². The first-order chi connectivity index (χ1) is 14.0. The molecule has 4 rings (SSSR count). The minimum atomic E-state index is -0.152. The van der Waals surface area contributed by atoms with Gasteiger partial charge in [0, 0.05) is 28.7 Å². The van der Waals surface area contributed by atoms with Gasteiger partial charge in [-0.1, -0.05) is 12.1 Å². The molecule has 0 radical (unpaired) electrons. The average Bonchev–Trinajstić information content (AvgIpc) is 3.17. The topological polar surface area (TPSA) is 57.4 Å². The molecule has 0 unspecified atom stereocenters. The fourth-order valence-electron chi connectivity index (χ4n) is 4.18. The van der Waals surface area contributed by atoms with Gasteiger partial charge in [-0.05, 0) is 81.6 Å². The number of methoxy groups -OCH3 is 1. The summed E-state index contributed by atoms with van der Waals surface area (Å²) in [5, 5.41) is 4.02. The molecule has 0 spiro atoms. The molecule has 1 amide bonds. The van der Waals surface area contributed by atoms with E-state index in [4.69, 9.17) is 4.74 Å². The van der Waals surface area contributed by atoms with Crippen LogP contribution >= 0.6 is 0 Å². The minimum absolute atomic E-state index is 0.152. The first kappa shape index (κ1) is 19.5. The maximum Gasteiger partial charge on any atom is 0.272 e. The van der Waals surface area contributed by atoms with Gasteiger partial charge >= 0.3 is 0 Å². The second-order valence-corrected chi connectivity index (χ2v) is 8.12. The zero-order valence-electron chi connectivity index (χ0n) is 17.4. The predicted molar refractivity (Wildman–Crippen MR) is 118 cm³/mol. The first-order valence-corrected chi connectivity index (χ1v) is 10.4. The number of benzene rings is 2. The van der Waals surface area contributed by atoms with Crippen molar-refractivity contribution in [1.29, 1.82) is 0 Å². The molecule has 5 heteroatoms. The molecule has 29 heavy (non-hydrogen) atoms. The number of likely N-dealkylation sites (tertiary alicyclic amines) is 1. The van der Waals surface area contributed by atoms with Crippen LogP contribution in [0.15, 0.2) is 48.5 Å². The summed E-state index contributed by atoms with van der Waals surface area (Å²) in [6, 6.07) is 16.5. The number of carbonyl (C=O) groups is 1. The molecule has 2 aromatic carbocycles. The van der Waals surface area contributed by atoms with Gasteiger partial charge in [0.25, 0.3) is 5.91 Å². The Morgan fingerprint density at radius 2 is 1.93 bits per heavy atom. The number of carbonyl (C=O) groups excluding carboxylic acids is 1. The predicted octanol–water partition coefficient (Wildman–Crippen LogP) is 5.02. The average molecular weight is 392 g/mol. The van der Waals surface area contributed by atoms with E-state index in [0.29, 0.717) is 29.1 Å². The first-order valence-electron chi connectivity index (χ1n) is 10.4. The highest BCUT2D eigenvalue weighted by Crippen LogP contribution is 2.31. The summed E-state index contributed by atoms with van der Waals surface area (Å²) >= 11 is 0. The molecule has 1 aromatic heterocycles. The molecule has 0 atom stereocenters. The normalized spacial score (nSPS) is 15.7. The van der Waals surface area contributed by atoms with Gasteiger partial charge in [-0.3, -0.25) is 4.79 Å². The van der Waals surface area contributed by atoms with E-state index in [1.165, 1.54) is 18.4 Å². The summed E-state index contributed by atoms with van der Waals surface area (Å²) in [5.74, 6) is 1.16. The van der Waals surface area contributed by atoms with E-state index in [1.54, 1.807) is 7.11 Å². The molecular formula is C24H29N3O2. The molecule has 1 fully saturated rings. The number of piperidine rings is 1. The van der Waals surface area contributed by atoms with Crippen molar-refractivity contribution in [3.05, 3.63) is 59.8 Å². The van der Waals surface area contributed by atoms with Crippen LogP contribution in [0, 0.1) is 0 Å². The molecule has 0 bridgehead atoms. The minimum Gasteiger partial charge on any atom is -0.497 e. The Kier molecular flexibility index (Phi) is 5.58. The van der Waals surface area contributed by atoms with Crippen molar-refractivity contribution in [2.24, 2.45) is 0 Å². The van der Waals surface area contributed by atoms with Crippen molar-refractivity contribution < 1.29 is 9.53 Å². The number of hydrogen-bond donors (Lipinski definition) is 2. The van der Waals surface area contributed by atoms with Crippen molar-refractivity contribution in [3.63, 3.8) is 0 Å². The number of hydrogen-bond acceptors (Lipinski definition) is 3. The third kappa shape index (κ3) is 4.30. The summed E-state index contributed by atoms with van der Waals surface area (Å²) in [6.45, 7) is 6.85. The van der Waals surface area contributed by atoms with Gasteiger partial charge in [-0.25, -0.2) is 0 Å². The van der Waals surface area contributed by atoms with Crippen molar-refractivity contribution >= 4 is 22.5 Å². The lowest BCUT2D eigenvalue weighted by molar-refractivity contribution is 0.102. The second-order valence-electron chi connectivity index (χ2n) is 8.12. The lowest BCUT2D eigenvalue weighted by Gasteiger charge is -2.34. The summed E-state index contributed by atoms with van der Waals surface area (Å²) in [7, 11) is 1.61. The third-order valence-electron chi connectivity index (χ3n) is 5.95. The number of nitrogens with zero attached hydrogens (tertiary/aromatic N) is 1. The van der Waals surface area contributed by atoms with Crippen molar-refractivity contribution in [3.8, 4) is 5.75 Å². The number of fused-ring (bicyclic) bond motifs is 1. The number of ether oxygens (including phenoxy) is 1. The second kappa shape index (κ2) is 8.29. The maximum atomic E-state index is 12.7. The zero-order valence-corrected chi connectivity index (χ0v) is 17.4. The van der Waals surface area contributed by atoms with Gasteiger partial charge in [0.05, 0.1) is 7.11 Å². The SMILES string of the molecule is COc1cccc(NC(=O)c2cc3cc(C4CCN(C(C)C)CC4)ccc3[nH]2)c1. The lowest BCUT2D eigenvalue weighted by Crippen LogP contribution is -2.37. The van der Waals surface area contributed by atoms with Crippen LogP contribution in [0.2, 0.25) is 0 Å². The van der Waals surface area contributed by atoms with Gasteiger partial charge < -0.3 is 19.9 Å². The summed E-state index contributed by atoms with van der Waals surface area (Å²) in [6.07, 6.45) is 2.38. The van der Waals surface area contributed by atoms with Crippen LogP contribution in [0.5, 0.6) is 5.75 Å². The Morgan fingerprint density at radius 3 is 2.66 bits per heavy atom. The fraction of sp³-hybridized carbons (Fsp3) is 0.375. The highest BCUT2D eigenvalue weighted by molar-refractivity contribution is 6.06. The lowest BCUT2D eigenvalue weighted by atomic mass is 9.88. The molecule has 0 saturated carbocycles.